The topological polar surface area (TPSA) is 0 Å². The van der Waals surface area contributed by atoms with Gasteiger partial charge < -0.3 is 0 Å². The highest BCUT2D eigenvalue weighted by molar-refractivity contribution is 5.90. The Hall–Kier alpha value is -1.82. The minimum atomic E-state index is 1.22. The summed E-state index contributed by atoms with van der Waals surface area (Å²) in [5.74, 6) is 0. The van der Waals surface area contributed by atoms with E-state index in [1.165, 1.54) is 62.5 Å². The lowest BCUT2D eigenvalue weighted by molar-refractivity contribution is 0.598. The van der Waals surface area contributed by atoms with Crippen LogP contribution in [0, 0.1) is 0 Å². The molecule has 0 aromatic heterocycles. The fraction of sp³-hybridized carbons (Fsp3) is 0.364. The fourth-order valence-corrected chi connectivity index (χ4v) is 3.53. The maximum absolute atomic E-state index is 2.28. The van der Waals surface area contributed by atoms with Gasteiger partial charge in [0.05, 0.1) is 0 Å². The standard InChI is InChI=1S/C22H26/c1-2-4-12-18-22(20-15-9-6-10-16-20)21(17-11-3-1)19-13-7-5-8-14-19/h5-10,13-16H,1-4,11-12,17-18H2/b22-21-. The number of rotatable bonds is 2. The van der Waals surface area contributed by atoms with Crippen LogP contribution in [0.4, 0.5) is 0 Å². The van der Waals surface area contributed by atoms with Gasteiger partial charge in [-0.2, -0.15) is 0 Å². The van der Waals surface area contributed by atoms with Crippen molar-refractivity contribution in [3.05, 3.63) is 71.8 Å². The van der Waals surface area contributed by atoms with E-state index in [9.17, 15) is 0 Å². The lowest BCUT2D eigenvalue weighted by atomic mass is 9.87. The van der Waals surface area contributed by atoms with Crippen molar-refractivity contribution in [1.29, 1.82) is 0 Å². The van der Waals surface area contributed by atoms with E-state index in [4.69, 9.17) is 0 Å². The predicted molar refractivity (Wildman–Crippen MR) is 96.6 cm³/mol. The number of hydrogen-bond donors (Lipinski definition) is 0. The molecule has 0 unspecified atom stereocenters. The second-order valence-electron chi connectivity index (χ2n) is 6.31. The van der Waals surface area contributed by atoms with Gasteiger partial charge in [0, 0.05) is 0 Å². The fourth-order valence-electron chi connectivity index (χ4n) is 3.53. The van der Waals surface area contributed by atoms with Gasteiger partial charge in [0.2, 0.25) is 0 Å². The third-order valence-electron chi connectivity index (χ3n) is 4.71. The molecule has 1 aliphatic rings. The van der Waals surface area contributed by atoms with Crippen molar-refractivity contribution in [3.8, 4) is 0 Å². The SMILES string of the molecule is c1ccc(/C2=C(\c3ccccc3)CCCCCCCC2)cc1. The van der Waals surface area contributed by atoms with Crippen molar-refractivity contribution in [2.75, 3.05) is 0 Å². The molecule has 0 bridgehead atoms. The van der Waals surface area contributed by atoms with Crippen molar-refractivity contribution in [1.82, 2.24) is 0 Å². The molecule has 0 atom stereocenters. The molecule has 3 rings (SSSR count). The Morgan fingerprint density at radius 1 is 0.409 bits per heavy atom. The first kappa shape index (κ1) is 15.1. The van der Waals surface area contributed by atoms with Crippen LogP contribution >= 0.6 is 0 Å². The Morgan fingerprint density at radius 2 is 0.773 bits per heavy atom. The molecular formula is C22H26. The molecule has 0 saturated carbocycles. The molecule has 2 aromatic rings. The molecule has 114 valence electrons. The van der Waals surface area contributed by atoms with E-state index >= 15 is 0 Å². The second-order valence-corrected chi connectivity index (χ2v) is 6.31. The van der Waals surface area contributed by atoms with E-state index in [-0.39, 0.29) is 0 Å². The first-order chi connectivity index (χ1) is 10.9. The van der Waals surface area contributed by atoms with Gasteiger partial charge in [0.15, 0.2) is 0 Å². The molecular weight excluding hydrogens is 264 g/mol. The Kier molecular flexibility index (Phi) is 5.48. The zero-order chi connectivity index (χ0) is 15.0. The summed E-state index contributed by atoms with van der Waals surface area (Å²) < 4.78 is 0. The molecule has 0 amide bonds. The summed E-state index contributed by atoms with van der Waals surface area (Å²) in [6.07, 6.45) is 10.6. The van der Waals surface area contributed by atoms with Crippen molar-refractivity contribution in [2.45, 2.75) is 51.4 Å². The van der Waals surface area contributed by atoms with E-state index < -0.39 is 0 Å². The smallest absolute Gasteiger partial charge is 0.0222 e. The molecule has 2 aromatic carbocycles. The van der Waals surface area contributed by atoms with E-state index in [1.807, 2.05) is 0 Å². The number of hydrogen-bond acceptors (Lipinski definition) is 0. The normalized spacial score (nSPS) is 20.5. The summed E-state index contributed by atoms with van der Waals surface area (Å²) >= 11 is 0. The third kappa shape index (κ3) is 3.88. The zero-order valence-corrected chi connectivity index (χ0v) is 13.4. The summed E-state index contributed by atoms with van der Waals surface area (Å²) in [4.78, 5) is 0. The van der Waals surface area contributed by atoms with E-state index in [1.54, 1.807) is 11.1 Å². The van der Waals surface area contributed by atoms with Crippen molar-refractivity contribution >= 4 is 11.1 Å². The first-order valence-electron chi connectivity index (χ1n) is 8.78. The van der Waals surface area contributed by atoms with Crippen LogP contribution in [0.3, 0.4) is 0 Å². The van der Waals surface area contributed by atoms with Gasteiger partial charge in [0.1, 0.15) is 0 Å². The van der Waals surface area contributed by atoms with Gasteiger partial charge in [-0.05, 0) is 48.0 Å². The van der Waals surface area contributed by atoms with Crippen molar-refractivity contribution in [3.63, 3.8) is 0 Å². The van der Waals surface area contributed by atoms with Gasteiger partial charge in [-0.25, -0.2) is 0 Å². The molecule has 1 aliphatic carbocycles. The molecule has 0 spiro atoms. The summed E-state index contributed by atoms with van der Waals surface area (Å²) in [5, 5.41) is 0. The minimum absolute atomic E-state index is 1.22. The summed E-state index contributed by atoms with van der Waals surface area (Å²) in [5.41, 5.74) is 5.99. The molecule has 22 heavy (non-hydrogen) atoms. The van der Waals surface area contributed by atoms with Crippen LogP contribution in [-0.2, 0) is 0 Å². The Balaban J connectivity index is 2.04. The predicted octanol–water partition coefficient (Wildman–Crippen LogP) is 6.73. The average Bonchev–Trinajstić information content (AvgIpc) is 2.60. The van der Waals surface area contributed by atoms with Crippen molar-refractivity contribution < 1.29 is 0 Å². The van der Waals surface area contributed by atoms with E-state index in [0.29, 0.717) is 0 Å². The number of benzene rings is 2. The molecule has 0 aliphatic heterocycles. The largest absolute Gasteiger partial charge is 0.0622 e. The van der Waals surface area contributed by atoms with E-state index in [2.05, 4.69) is 60.7 Å². The first-order valence-corrected chi connectivity index (χ1v) is 8.78. The number of allylic oxidation sites excluding steroid dienone is 2. The molecule has 0 N–H and O–H groups in total. The van der Waals surface area contributed by atoms with Crippen molar-refractivity contribution in [2.24, 2.45) is 0 Å². The third-order valence-corrected chi connectivity index (χ3v) is 4.71. The summed E-state index contributed by atoms with van der Waals surface area (Å²) in [6.45, 7) is 0. The lowest BCUT2D eigenvalue weighted by Crippen LogP contribution is -1.96. The Labute approximate surface area is 134 Å². The van der Waals surface area contributed by atoms with Crippen LogP contribution in [-0.4, -0.2) is 0 Å². The highest BCUT2D eigenvalue weighted by Gasteiger charge is 2.12. The van der Waals surface area contributed by atoms with Gasteiger partial charge in [-0.1, -0.05) is 86.3 Å². The molecule has 0 heteroatoms. The molecule has 0 saturated heterocycles. The van der Waals surface area contributed by atoms with Gasteiger partial charge in [0.25, 0.3) is 0 Å². The van der Waals surface area contributed by atoms with E-state index in [0.717, 1.165) is 0 Å². The molecule has 0 nitrogen and oxygen atoms in total. The van der Waals surface area contributed by atoms with Gasteiger partial charge >= 0.3 is 0 Å². The highest BCUT2D eigenvalue weighted by atomic mass is 14.2. The molecule has 0 radical (unpaired) electrons. The zero-order valence-electron chi connectivity index (χ0n) is 13.4. The maximum Gasteiger partial charge on any atom is -0.0222 e. The second kappa shape index (κ2) is 7.98. The average molecular weight is 290 g/mol. The van der Waals surface area contributed by atoms with Crippen LogP contribution in [0.1, 0.15) is 62.5 Å². The maximum atomic E-state index is 2.28. The van der Waals surface area contributed by atoms with Gasteiger partial charge in [-0.3, -0.25) is 0 Å². The van der Waals surface area contributed by atoms with Crippen LogP contribution < -0.4 is 0 Å². The minimum Gasteiger partial charge on any atom is -0.0622 e. The molecule has 0 fully saturated rings. The van der Waals surface area contributed by atoms with Crippen LogP contribution in [0.25, 0.3) is 11.1 Å². The van der Waals surface area contributed by atoms with Crippen LogP contribution in [0.15, 0.2) is 60.7 Å². The molecule has 0 heterocycles. The Bertz CT molecular complexity index is 537. The quantitative estimate of drug-likeness (QED) is 0.575. The van der Waals surface area contributed by atoms with Crippen LogP contribution in [0.2, 0.25) is 0 Å². The highest BCUT2D eigenvalue weighted by Crippen LogP contribution is 2.35. The summed E-state index contributed by atoms with van der Waals surface area (Å²) in [6, 6.07) is 22.0. The summed E-state index contributed by atoms with van der Waals surface area (Å²) in [7, 11) is 0. The lowest BCUT2D eigenvalue weighted by Gasteiger charge is -2.18. The Morgan fingerprint density at radius 3 is 1.18 bits per heavy atom. The van der Waals surface area contributed by atoms with Gasteiger partial charge in [-0.15, -0.1) is 0 Å². The van der Waals surface area contributed by atoms with Crippen LogP contribution in [0.5, 0.6) is 0 Å². The monoisotopic (exact) mass is 290 g/mol.